The fourth-order valence-electron chi connectivity index (χ4n) is 3.79. The van der Waals surface area contributed by atoms with Crippen molar-refractivity contribution in [2.45, 2.75) is 30.6 Å². The first-order valence-corrected chi connectivity index (χ1v) is 10.2. The summed E-state index contributed by atoms with van der Waals surface area (Å²) in [6.45, 7) is 3.57. The summed E-state index contributed by atoms with van der Waals surface area (Å²) < 4.78 is 17.5. The van der Waals surface area contributed by atoms with Crippen LogP contribution in [0.2, 0.25) is 0 Å². The van der Waals surface area contributed by atoms with Crippen LogP contribution >= 0.6 is 23.3 Å². The lowest BCUT2D eigenvalue weighted by molar-refractivity contribution is -0.132. The molecule has 4 rings (SSSR count). The summed E-state index contributed by atoms with van der Waals surface area (Å²) in [6.07, 6.45) is 3.58. The molecular formula is C15H21FN4OS2. The zero-order valence-corrected chi connectivity index (χ0v) is 14.8. The van der Waals surface area contributed by atoms with Gasteiger partial charge in [0.15, 0.2) is 0 Å². The predicted octanol–water partition coefficient (Wildman–Crippen LogP) is 2.29. The van der Waals surface area contributed by atoms with E-state index < -0.39 is 6.17 Å². The number of anilines is 1. The van der Waals surface area contributed by atoms with Crippen molar-refractivity contribution < 1.29 is 9.18 Å². The van der Waals surface area contributed by atoms with E-state index in [0.717, 1.165) is 49.3 Å². The molecular weight excluding hydrogens is 335 g/mol. The van der Waals surface area contributed by atoms with E-state index in [9.17, 15) is 9.18 Å². The summed E-state index contributed by atoms with van der Waals surface area (Å²) >= 11 is 3.05. The minimum Gasteiger partial charge on any atom is -0.346 e. The molecule has 1 aromatic heterocycles. The smallest absolute Gasteiger partial charge is 0.228 e. The van der Waals surface area contributed by atoms with Gasteiger partial charge < -0.3 is 9.80 Å². The van der Waals surface area contributed by atoms with Crippen LogP contribution in [-0.2, 0) is 4.79 Å². The number of hydrogen-bond donors (Lipinski definition) is 0. The summed E-state index contributed by atoms with van der Waals surface area (Å²) in [4.78, 5) is 21.0. The van der Waals surface area contributed by atoms with Crippen molar-refractivity contribution in [2.75, 3.05) is 37.3 Å². The maximum atomic E-state index is 13.1. The fourth-order valence-corrected chi connectivity index (χ4v) is 5.03. The molecule has 1 aliphatic carbocycles. The van der Waals surface area contributed by atoms with Gasteiger partial charge in [-0.2, -0.15) is 9.36 Å². The van der Waals surface area contributed by atoms with Crippen molar-refractivity contribution in [1.29, 1.82) is 0 Å². The topological polar surface area (TPSA) is 49.3 Å². The average Bonchev–Trinajstić information content (AvgIpc) is 2.98. The first kappa shape index (κ1) is 15.6. The Morgan fingerprint density at radius 2 is 1.96 bits per heavy atom. The van der Waals surface area contributed by atoms with Crippen LogP contribution in [0.15, 0.2) is 5.16 Å². The van der Waals surface area contributed by atoms with Gasteiger partial charge in [-0.15, -0.1) is 0 Å². The Hall–Kier alpha value is -0.890. The van der Waals surface area contributed by atoms with Gasteiger partial charge in [-0.3, -0.25) is 4.79 Å². The molecule has 3 heterocycles. The lowest BCUT2D eigenvalue weighted by Gasteiger charge is -2.22. The molecule has 3 aliphatic rings. The van der Waals surface area contributed by atoms with Crippen LogP contribution < -0.4 is 4.90 Å². The zero-order chi connectivity index (χ0) is 16.0. The summed E-state index contributed by atoms with van der Waals surface area (Å²) in [7, 11) is 0. The zero-order valence-electron chi connectivity index (χ0n) is 13.2. The fraction of sp³-hybridized carbons (Fsp3) is 0.800. The van der Waals surface area contributed by atoms with Crippen molar-refractivity contribution >= 4 is 34.3 Å². The quantitative estimate of drug-likeness (QED) is 0.778. The molecule has 23 heavy (non-hydrogen) atoms. The molecule has 0 aromatic carbocycles. The highest BCUT2D eigenvalue weighted by atomic mass is 32.2. The van der Waals surface area contributed by atoms with Crippen LogP contribution in [0.3, 0.4) is 0 Å². The third-order valence-corrected chi connectivity index (χ3v) is 6.75. The maximum Gasteiger partial charge on any atom is 0.228 e. The molecule has 4 atom stereocenters. The Balaban J connectivity index is 1.36. The Bertz CT molecular complexity index is 582. The number of hydrogen-bond acceptors (Lipinski definition) is 6. The molecule has 1 saturated carbocycles. The van der Waals surface area contributed by atoms with Gasteiger partial charge in [-0.25, -0.2) is 4.39 Å². The Morgan fingerprint density at radius 3 is 2.48 bits per heavy atom. The van der Waals surface area contributed by atoms with Crippen LogP contribution in [0, 0.1) is 17.8 Å². The highest BCUT2D eigenvalue weighted by Crippen LogP contribution is 2.39. The highest BCUT2D eigenvalue weighted by molar-refractivity contribution is 7.98. The summed E-state index contributed by atoms with van der Waals surface area (Å²) in [5.41, 5.74) is 0. The molecule has 126 valence electrons. The van der Waals surface area contributed by atoms with Gasteiger partial charge in [0.25, 0.3) is 0 Å². The molecule has 2 unspecified atom stereocenters. The van der Waals surface area contributed by atoms with Crippen LogP contribution in [0.4, 0.5) is 9.52 Å². The Morgan fingerprint density at radius 1 is 1.30 bits per heavy atom. The molecule has 3 fully saturated rings. The number of fused-ring (bicyclic) bond motifs is 1. The average molecular weight is 356 g/mol. The maximum absolute atomic E-state index is 13.1. The molecule has 8 heteroatoms. The number of halogens is 1. The summed E-state index contributed by atoms with van der Waals surface area (Å²) in [5, 5.41) is 1.87. The van der Waals surface area contributed by atoms with Gasteiger partial charge in [0.1, 0.15) is 6.17 Å². The second-order valence-corrected chi connectivity index (χ2v) is 8.25. The molecule has 0 N–H and O–H groups in total. The van der Waals surface area contributed by atoms with Crippen molar-refractivity contribution in [3.05, 3.63) is 0 Å². The van der Waals surface area contributed by atoms with Crippen molar-refractivity contribution in [2.24, 2.45) is 17.8 Å². The van der Waals surface area contributed by atoms with E-state index in [0.29, 0.717) is 18.3 Å². The molecule has 1 aromatic rings. The molecule has 5 nitrogen and oxygen atoms in total. The number of aromatic nitrogens is 2. The monoisotopic (exact) mass is 356 g/mol. The summed E-state index contributed by atoms with van der Waals surface area (Å²) in [6, 6.07) is 0. The van der Waals surface area contributed by atoms with Crippen molar-refractivity contribution in [1.82, 2.24) is 14.3 Å². The number of likely N-dealkylation sites (tertiary alicyclic amines) is 1. The van der Waals surface area contributed by atoms with E-state index >= 15 is 0 Å². The predicted molar refractivity (Wildman–Crippen MR) is 89.7 cm³/mol. The standard InChI is InChI=1S/C15H21FN4OS2/c1-22-14-17-15(23-18-14)20-7-9-2-4-19(5-3-10(9)8-20)13(21)11-6-12(11)16/h9-12H,2-8H2,1H3/t9-,10+,11?,12?. The first-order chi connectivity index (χ1) is 11.2. The number of rotatable bonds is 3. The van der Waals surface area contributed by atoms with E-state index in [-0.39, 0.29) is 11.8 Å². The van der Waals surface area contributed by atoms with Gasteiger partial charge in [-0.1, -0.05) is 11.8 Å². The van der Waals surface area contributed by atoms with E-state index in [4.69, 9.17) is 0 Å². The number of alkyl halides is 1. The molecule has 0 spiro atoms. The number of nitrogens with zero attached hydrogens (tertiary/aromatic N) is 4. The second-order valence-electron chi connectivity index (χ2n) is 6.75. The second kappa shape index (κ2) is 6.20. The highest BCUT2D eigenvalue weighted by Gasteiger charge is 2.46. The van der Waals surface area contributed by atoms with Gasteiger partial charge in [0, 0.05) is 37.7 Å². The number of carbonyl (C=O) groups is 1. The van der Waals surface area contributed by atoms with Gasteiger partial charge in [0.2, 0.25) is 16.2 Å². The lowest BCUT2D eigenvalue weighted by Crippen LogP contribution is -2.34. The van der Waals surface area contributed by atoms with E-state index in [1.807, 2.05) is 11.2 Å². The van der Waals surface area contributed by atoms with Gasteiger partial charge >= 0.3 is 0 Å². The van der Waals surface area contributed by atoms with Crippen molar-refractivity contribution in [3.63, 3.8) is 0 Å². The molecule has 0 bridgehead atoms. The third kappa shape index (κ3) is 3.07. The molecule has 0 radical (unpaired) electrons. The van der Waals surface area contributed by atoms with Crippen LogP contribution in [0.1, 0.15) is 19.3 Å². The van der Waals surface area contributed by atoms with Gasteiger partial charge in [0.05, 0.1) is 5.92 Å². The largest absolute Gasteiger partial charge is 0.346 e. The normalized spacial score (nSPS) is 33.5. The van der Waals surface area contributed by atoms with E-state index in [2.05, 4.69) is 14.3 Å². The lowest BCUT2D eigenvalue weighted by atomic mass is 9.92. The number of carbonyl (C=O) groups excluding carboxylic acids is 1. The van der Waals surface area contributed by atoms with Crippen LogP contribution in [-0.4, -0.2) is 58.8 Å². The Kier molecular flexibility index (Phi) is 4.21. The van der Waals surface area contributed by atoms with E-state index in [1.54, 1.807) is 11.8 Å². The first-order valence-electron chi connectivity index (χ1n) is 8.21. The SMILES string of the molecule is CSc1nsc(N2C[C@H]3CCN(C(=O)C4CC4F)CC[C@H]3C2)n1. The molecule has 1 amide bonds. The number of thioether (sulfide) groups is 1. The molecule has 2 saturated heterocycles. The van der Waals surface area contributed by atoms with Crippen LogP contribution in [0.25, 0.3) is 0 Å². The third-order valence-electron chi connectivity index (χ3n) is 5.31. The number of amides is 1. The minimum atomic E-state index is -0.885. The minimum absolute atomic E-state index is 0.0445. The molecule has 2 aliphatic heterocycles. The van der Waals surface area contributed by atoms with Crippen molar-refractivity contribution in [3.8, 4) is 0 Å². The summed E-state index contributed by atoms with van der Waals surface area (Å²) in [5.74, 6) is 0.920. The van der Waals surface area contributed by atoms with Crippen LogP contribution in [0.5, 0.6) is 0 Å². The van der Waals surface area contributed by atoms with Gasteiger partial charge in [-0.05, 0) is 37.4 Å². The Labute approximate surface area is 143 Å². The van der Waals surface area contributed by atoms with E-state index in [1.165, 1.54) is 11.5 Å².